The molecule has 0 fully saturated rings. The van der Waals surface area contributed by atoms with Gasteiger partial charge >= 0.3 is 0 Å². The Kier molecular flexibility index (Phi) is 4.39. The molecule has 0 saturated carbocycles. The van der Waals surface area contributed by atoms with Crippen LogP contribution in [-0.4, -0.2) is 32.7 Å². The Morgan fingerprint density at radius 2 is 2.00 bits per heavy atom. The number of para-hydroxylation sites is 1. The average molecular weight is 366 g/mol. The number of aliphatic hydroxyl groups excluding tert-OH is 1. The highest BCUT2D eigenvalue weighted by molar-refractivity contribution is 5.94. The molecule has 8 heteroatoms. The predicted octanol–water partition coefficient (Wildman–Crippen LogP) is 2.82. The van der Waals surface area contributed by atoms with Crippen molar-refractivity contribution >= 4 is 16.8 Å². The lowest BCUT2D eigenvalue weighted by Gasteiger charge is -2.12. The Morgan fingerprint density at radius 3 is 2.74 bits per heavy atom. The number of fused-ring (bicyclic) bond motifs is 1. The van der Waals surface area contributed by atoms with Crippen molar-refractivity contribution in [3.63, 3.8) is 0 Å². The number of aliphatic hydroxyl groups is 1. The first kappa shape index (κ1) is 16.9. The molecule has 1 amide bonds. The maximum atomic E-state index is 13.0. The van der Waals surface area contributed by atoms with E-state index in [2.05, 4.69) is 20.4 Å². The first-order valence-corrected chi connectivity index (χ1v) is 8.23. The van der Waals surface area contributed by atoms with Crippen molar-refractivity contribution in [1.29, 1.82) is 0 Å². The topological polar surface area (TPSA) is 104 Å². The summed E-state index contributed by atoms with van der Waals surface area (Å²) in [7, 11) is 0. The zero-order valence-electron chi connectivity index (χ0n) is 14.0. The lowest BCUT2D eigenvalue weighted by atomic mass is 10.2. The molecule has 0 saturated heterocycles. The molecular weight excluding hydrogens is 351 g/mol. The fraction of sp³-hybridized carbons (Fsp3) is 0.105. The van der Waals surface area contributed by atoms with Crippen molar-refractivity contribution in [3.05, 3.63) is 71.9 Å². The van der Waals surface area contributed by atoms with Crippen LogP contribution in [0.1, 0.15) is 22.3 Å². The number of carbonyl (C=O) groups is 1. The van der Waals surface area contributed by atoms with Gasteiger partial charge in [0.25, 0.3) is 11.8 Å². The molecule has 0 radical (unpaired) electrons. The van der Waals surface area contributed by atoms with Crippen LogP contribution in [-0.2, 0) is 0 Å². The quantitative estimate of drug-likeness (QED) is 0.504. The number of nitrogens with one attached hydrogen (secondary N) is 2. The number of hydrogen-bond acceptors (Lipinski definition) is 5. The van der Waals surface area contributed by atoms with Crippen LogP contribution in [0.15, 0.2) is 59.1 Å². The first-order valence-electron chi connectivity index (χ1n) is 8.23. The minimum atomic E-state index is -0.881. The van der Waals surface area contributed by atoms with Gasteiger partial charge < -0.3 is 19.9 Å². The third-order valence-corrected chi connectivity index (χ3v) is 4.11. The molecule has 136 valence electrons. The smallest absolute Gasteiger partial charge is 0.251 e. The predicted molar refractivity (Wildman–Crippen MR) is 95.3 cm³/mol. The van der Waals surface area contributed by atoms with Gasteiger partial charge in [-0.25, -0.2) is 4.39 Å². The summed E-state index contributed by atoms with van der Waals surface area (Å²) in [4.78, 5) is 19.7. The average Bonchev–Trinajstić information content (AvgIpc) is 3.33. The Labute approximate surface area is 152 Å². The van der Waals surface area contributed by atoms with E-state index in [0.29, 0.717) is 11.5 Å². The third kappa shape index (κ3) is 3.42. The van der Waals surface area contributed by atoms with Gasteiger partial charge in [-0.3, -0.25) is 4.79 Å². The number of carbonyl (C=O) groups excluding carboxylic acids is 1. The second-order valence-electron chi connectivity index (χ2n) is 5.94. The third-order valence-electron chi connectivity index (χ3n) is 4.11. The van der Waals surface area contributed by atoms with Crippen molar-refractivity contribution in [3.8, 4) is 11.5 Å². The molecule has 7 nitrogen and oxygen atoms in total. The van der Waals surface area contributed by atoms with Crippen LogP contribution in [0.4, 0.5) is 4.39 Å². The van der Waals surface area contributed by atoms with Crippen molar-refractivity contribution in [1.82, 2.24) is 20.4 Å². The Bertz CT molecular complexity index is 1050. The second kappa shape index (κ2) is 7.00. The number of rotatable bonds is 5. The van der Waals surface area contributed by atoms with Crippen molar-refractivity contribution in [2.45, 2.75) is 6.04 Å². The van der Waals surface area contributed by atoms with Crippen LogP contribution in [0, 0.1) is 5.82 Å². The van der Waals surface area contributed by atoms with Crippen LogP contribution in [0.3, 0.4) is 0 Å². The van der Waals surface area contributed by atoms with E-state index in [1.807, 2.05) is 30.3 Å². The van der Waals surface area contributed by atoms with E-state index in [1.54, 1.807) is 0 Å². The molecule has 0 aliphatic heterocycles. The highest BCUT2D eigenvalue weighted by Gasteiger charge is 2.22. The van der Waals surface area contributed by atoms with E-state index in [4.69, 9.17) is 4.52 Å². The van der Waals surface area contributed by atoms with Crippen molar-refractivity contribution < 1.29 is 18.8 Å². The van der Waals surface area contributed by atoms with Gasteiger partial charge in [0, 0.05) is 16.5 Å². The number of nitrogens with zero attached hydrogens (tertiary/aromatic N) is 2. The molecule has 3 N–H and O–H groups in total. The molecule has 27 heavy (non-hydrogen) atoms. The standard InChI is InChI=1S/C19H15FN4O3/c20-13-7-5-11(6-8-13)18(26)22-16(10-25)19-23-17(24-27-19)15-9-12-3-1-2-4-14(12)21-15/h1-9,16,21,25H,10H2,(H,22,26)/t16-/m0/s1. The lowest BCUT2D eigenvalue weighted by molar-refractivity contribution is 0.0901. The highest BCUT2D eigenvalue weighted by Crippen LogP contribution is 2.23. The molecule has 0 aliphatic carbocycles. The molecule has 4 aromatic rings. The summed E-state index contributed by atoms with van der Waals surface area (Å²) >= 11 is 0. The number of H-pyrrole nitrogens is 1. The monoisotopic (exact) mass is 366 g/mol. The van der Waals surface area contributed by atoms with Crippen LogP contribution in [0.5, 0.6) is 0 Å². The number of aromatic amines is 1. The molecular formula is C19H15FN4O3. The van der Waals surface area contributed by atoms with Gasteiger partial charge in [-0.2, -0.15) is 4.98 Å². The van der Waals surface area contributed by atoms with E-state index < -0.39 is 24.4 Å². The van der Waals surface area contributed by atoms with Crippen LogP contribution >= 0.6 is 0 Å². The summed E-state index contributed by atoms with van der Waals surface area (Å²) in [5.74, 6) is -0.540. The summed E-state index contributed by atoms with van der Waals surface area (Å²) in [6.45, 7) is -0.429. The molecule has 1 atom stereocenters. The van der Waals surface area contributed by atoms with Gasteiger partial charge in [0.05, 0.1) is 12.3 Å². The van der Waals surface area contributed by atoms with Gasteiger partial charge in [-0.05, 0) is 36.4 Å². The van der Waals surface area contributed by atoms with Gasteiger partial charge in [-0.1, -0.05) is 23.4 Å². The minimum absolute atomic E-state index is 0.0709. The number of amides is 1. The van der Waals surface area contributed by atoms with Gasteiger partial charge in [0.15, 0.2) is 0 Å². The maximum Gasteiger partial charge on any atom is 0.251 e. The molecule has 2 aromatic carbocycles. The zero-order valence-corrected chi connectivity index (χ0v) is 14.0. The number of halogens is 1. The van der Waals surface area contributed by atoms with Gasteiger partial charge in [0.2, 0.25) is 5.82 Å². The van der Waals surface area contributed by atoms with Crippen molar-refractivity contribution in [2.75, 3.05) is 6.61 Å². The van der Waals surface area contributed by atoms with Crippen LogP contribution < -0.4 is 5.32 Å². The van der Waals surface area contributed by atoms with Gasteiger partial charge in [0.1, 0.15) is 11.9 Å². The molecule has 0 spiro atoms. The summed E-state index contributed by atoms with van der Waals surface area (Å²) in [6, 6.07) is 13.8. The normalized spacial score (nSPS) is 12.2. The van der Waals surface area contributed by atoms with Crippen LogP contribution in [0.2, 0.25) is 0 Å². The summed E-state index contributed by atoms with van der Waals surface area (Å²) in [5.41, 5.74) is 1.85. The fourth-order valence-corrected chi connectivity index (χ4v) is 2.71. The zero-order chi connectivity index (χ0) is 18.8. The van der Waals surface area contributed by atoms with E-state index in [1.165, 1.54) is 24.3 Å². The van der Waals surface area contributed by atoms with E-state index in [0.717, 1.165) is 10.9 Å². The lowest BCUT2D eigenvalue weighted by Crippen LogP contribution is -2.31. The highest BCUT2D eigenvalue weighted by atomic mass is 19.1. The summed E-state index contributed by atoms with van der Waals surface area (Å²) < 4.78 is 18.2. The SMILES string of the molecule is O=C(N[C@@H](CO)c1nc(-c2cc3ccccc3[nH]2)no1)c1ccc(F)cc1. The Morgan fingerprint density at radius 1 is 1.22 bits per heavy atom. The van der Waals surface area contributed by atoms with E-state index >= 15 is 0 Å². The largest absolute Gasteiger partial charge is 0.394 e. The minimum Gasteiger partial charge on any atom is -0.394 e. The maximum absolute atomic E-state index is 13.0. The molecule has 2 aromatic heterocycles. The molecule has 2 heterocycles. The number of aromatic nitrogens is 3. The summed E-state index contributed by atoms with van der Waals surface area (Å²) in [5, 5.41) is 17.1. The first-order chi connectivity index (χ1) is 13.1. The van der Waals surface area contributed by atoms with Gasteiger partial charge in [-0.15, -0.1) is 0 Å². The molecule has 0 aliphatic rings. The Hall–Kier alpha value is -3.52. The molecule has 4 rings (SSSR count). The van der Waals surface area contributed by atoms with Crippen LogP contribution in [0.25, 0.3) is 22.4 Å². The number of benzene rings is 2. The van der Waals surface area contributed by atoms with E-state index in [9.17, 15) is 14.3 Å². The number of hydrogen-bond donors (Lipinski definition) is 3. The molecule has 0 bridgehead atoms. The van der Waals surface area contributed by atoms with E-state index in [-0.39, 0.29) is 11.5 Å². The fourth-order valence-electron chi connectivity index (χ4n) is 2.71. The summed E-state index contributed by atoms with van der Waals surface area (Å²) in [6.07, 6.45) is 0. The second-order valence-corrected chi connectivity index (χ2v) is 5.94. The Balaban J connectivity index is 1.55. The van der Waals surface area contributed by atoms with Crippen molar-refractivity contribution in [2.24, 2.45) is 0 Å². The molecule has 0 unspecified atom stereocenters.